The first-order valence-corrected chi connectivity index (χ1v) is 6.39. The minimum atomic E-state index is -0.543. The summed E-state index contributed by atoms with van der Waals surface area (Å²) in [6.45, 7) is 8.29. The van der Waals surface area contributed by atoms with Crippen LogP contribution in [0.2, 0.25) is 0 Å². The van der Waals surface area contributed by atoms with E-state index in [0.29, 0.717) is 13.2 Å². The van der Waals surface area contributed by atoms with E-state index in [1.54, 1.807) is 0 Å². The van der Waals surface area contributed by atoms with Crippen molar-refractivity contribution in [3.8, 4) is 5.75 Å². The van der Waals surface area contributed by atoms with Gasteiger partial charge in [0.25, 0.3) is 5.91 Å². The van der Waals surface area contributed by atoms with Crippen LogP contribution in [0.3, 0.4) is 0 Å². The Morgan fingerprint density at radius 2 is 1.79 bits per heavy atom. The van der Waals surface area contributed by atoms with Gasteiger partial charge in [-0.2, -0.15) is 0 Å². The van der Waals surface area contributed by atoms with E-state index in [4.69, 9.17) is 4.74 Å². The Bertz CT molecular complexity index is 449. The van der Waals surface area contributed by atoms with Crippen LogP contribution in [0.4, 0.5) is 0 Å². The second kappa shape index (κ2) is 6.36. The van der Waals surface area contributed by atoms with Crippen LogP contribution in [0.1, 0.15) is 33.3 Å². The van der Waals surface area contributed by atoms with Crippen LogP contribution in [0.15, 0.2) is 24.3 Å². The summed E-state index contributed by atoms with van der Waals surface area (Å²) in [5.74, 6) is -0.184. The molecule has 1 amide bonds. The molecule has 0 saturated heterocycles. The molecule has 0 spiro atoms. The fourth-order valence-electron chi connectivity index (χ4n) is 1.70. The van der Waals surface area contributed by atoms with Gasteiger partial charge in [-0.3, -0.25) is 9.59 Å². The molecular weight excluding hydrogens is 242 g/mol. The molecule has 1 N–H and O–H groups in total. The van der Waals surface area contributed by atoms with Gasteiger partial charge in [-0.25, -0.2) is 0 Å². The Kier molecular flexibility index (Phi) is 5.10. The van der Waals surface area contributed by atoms with Gasteiger partial charge in [0.05, 0.1) is 6.61 Å². The summed E-state index contributed by atoms with van der Waals surface area (Å²) in [6.07, 6.45) is 0. The molecule has 0 radical (unpaired) electrons. The lowest BCUT2D eigenvalue weighted by Gasteiger charge is -2.25. The molecule has 0 aliphatic heterocycles. The number of amides is 1. The minimum absolute atomic E-state index is 0.240. The Morgan fingerprint density at radius 3 is 2.26 bits per heavy atom. The van der Waals surface area contributed by atoms with Crippen LogP contribution in [0.25, 0.3) is 0 Å². The maximum absolute atomic E-state index is 11.3. The van der Waals surface area contributed by atoms with Gasteiger partial charge in [-0.1, -0.05) is 26.0 Å². The number of carbonyl (C=O) groups excluding carboxylic acids is 2. The zero-order valence-electron chi connectivity index (χ0n) is 11.9. The number of Topliss-reactive ketones (excluding diaryl/α,β-unsaturated/α-hetero) is 1. The van der Waals surface area contributed by atoms with Crippen LogP contribution >= 0.6 is 0 Å². The number of ketones is 1. The Morgan fingerprint density at radius 1 is 1.21 bits per heavy atom. The largest absolute Gasteiger partial charge is 0.494 e. The van der Waals surface area contributed by atoms with Crippen molar-refractivity contribution in [2.45, 2.75) is 33.1 Å². The third-order valence-corrected chi connectivity index (χ3v) is 2.96. The lowest BCUT2D eigenvalue weighted by atomic mass is 9.84. The highest BCUT2D eigenvalue weighted by atomic mass is 16.5. The van der Waals surface area contributed by atoms with Crippen LogP contribution < -0.4 is 10.1 Å². The van der Waals surface area contributed by atoms with Crippen molar-refractivity contribution < 1.29 is 14.3 Å². The first-order valence-electron chi connectivity index (χ1n) is 6.39. The van der Waals surface area contributed by atoms with E-state index in [1.165, 1.54) is 6.92 Å². The summed E-state index contributed by atoms with van der Waals surface area (Å²) in [7, 11) is 0. The molecule has 4 nitrogen and oxygen atoms in total. The molecule has 1 aromatic carbocycles. The summed E-state index contributed by atoms with van der Waals surface area (Å²) >= 11 is 0. The van der Waals surface area contributed by atoms with E-state index in [2.05, 4.69) is 5.32 Å². The molecule has 0 fully saturated rings. The van der Waals surface area contributed by atoms with Crippen LogP contribution in [0, 0.1) is 0 Å². The molecule has 0 aliphatic carbocycles. The van der Waals surface area contributed by atoms with Crippen LogP contribution in [0.5, 0.6) is 5.75 Å². The third kappa shape index (κ3) is 4.39. The third-order valence-electron chi connectivity index (χ3n) is 2.96. The first-order chi connectivity index (χ1) is 8.86. The van der Waals surface area contributed by atoms with Crippen molar-refractivity contribution in [1.29, 1.82) is 0 Å². The van der Waals surface area contributed by atoms with Crippen LogP contribution in [-0.2, 0) is 15.0 Å². The molecule has 0 saturated carbocycles. The Labute approximate surface area is 114 Å². The van der Waals surface area contributed by atoms with E-state index in [-0.39, 0.29) is 5.41 Å². The van der Waals surface area contributed by atoms with E-state index in [9.17, 15) is 9.59 Å². The maximum Gasteiger partial charge on any atom is 0.287 e. The first kappa shape index (κ1) is 15.2. The summed E-state index contributed by atoms with van der Waals surface area (Å²) in [4.78, 5) is 22.2. The lowest BCUT2D eigenvalue weighted by Crippen LogP contribution is -2.39. The number of hydrogen-bond acceptors (Lipinski definition) is 3. The van der Waals surface area contributed by atoms with Crippen molar-refractivity contribution in [3.05, 3.63) is 29.8 Å². The highest BCUT2D eigenvalue weighted by molar-refractivity contribution is 6.35. The Hall–Kier alpha value is -1.84. The van der Waals surface area contributed by atoms with Crippen molar-refractivity contribution in [1.82, 2.24) is 5.32 Å². The second-order valence-electron chi connectivity index (χ2n) is 5.08. The molecule has 0 aromatic heterocycles. The number of carbonyl (C=O) groups is 2. The number of nitrogens with one attached hydrogen (secondary N) is 1. The molecule has 104 valence electrons. The molecule has 19 heavy (non-hydrogen) atoms. The number of ether oxygens (including phenoxy) is 1. The SMILES string of the molecule is CCOc1ccc(C(C)(C)CNC(=O)C(C)=O)cc1. The van der Waals surface area contributed by atoms with Gasteiger partial charge in [-0.05, 0) is 24.6 Å². The predicted octanol–water partition coefficient (Wildman–Crippen LogP) is 2.07. The summed E-state index contributed by atoms with van der Waals surface area (Å²) in [5.41, 5.74) is 0.843. The smallest absolute Gasteiger partial charge is 0.287 e. The average molecular weight is 263 g/mol. The predicted molar refractivity (Wildman–Crippen MR) is 74.3 cm³/mol. The molecule has 4 heteroatoms. The number of rotatable bonds is 6. The standard InChI is InChI=1S/C15H21NO3/c1-5-19-13-8-6-12(7-9-13)15(3,4)10-16-14(18)11(2)17/h6-9H,5,10H2,1-4H3,(H,16,18). The van der Waals surface area contributed by atoms with Gasteiger partial charge >= 0.3 is 0 Å². The molecule has 1 rings (SSSR count). The highest BCUT2D eigenvalue weighted by Gasteiger charge is 2.22. The van der Waals surface area contributed by atoms with Gasteiger partial charge in [0.15, 0.2) is 0 Å². The van der Waals surface area contributed by atoms with Crippen molar-refractivity contribution in [2.75, 3.05) is 13.2 Å². The normalized spacial score (nSPS) is 10.9. The molecule has 0 heterocycles. The zero-order chi connectivity index (χ0) is 14.5. The number of hydrogen-bond donors (Lipinski definition) is 1. The number of benzene rings is 1. The molecule has 0 unspecified atom stereocenters. The Balaban J connectivity index is 2.70. The van der Waals surface area contributed by atoms with E-state index in [1.807, 2.05) is 45.0 Å². The summed E-state index contributed by atoms with van der Waals surface area (Å²) in [5, 5.41) is 2.64. The highest BCUT2D eigenvalue weighted by Crippen LogP contribution is 2.24. The van der Waals surface area contributed by atoms with E-state index in [0.717, 1.165) is 11.3 Å². The summed E-state index contributed by atoms with van der Waals surface area (Å²) < 4.78 is 5.39. The maximum atomic E-state index is 11.3. The topological polar surface area (TPSA) is 55.4 Å². The average Bonchev–Trinajstić information content (AvgIpc) is 2.37. The molecule has 0 atom stereocenters. The van der Waals surface area contributed by atoms with Gasteiger partial charge in [0, 0.05) is 18.9 Å². The van der Waals surface area contributed by atoms with Crippen molar-refractivity contribution in [2.24, 2.45) is 0 Å². The molecule has 1 aromatic rings. The lowest BCUT2D eigenvalue weighted by molar-refractivity contribution is -0.136. The fourth-order valence-corrected chi connectivity index (χ4v) is 1.70. The van der Waals surface area contributed by atoms with Crippen molar-refractivity contribution in [3.63, 3.8) is 0 Å². The van der Waals surface area contributed by atoms with Gasteiger partial charge in [0.2, 0.25) is 5.78 Å². The minimum Gasteiger partial charge on any atom is -0.494 e. The second-order valence-corrected chi connectivity index (χ2v) is 5.08. The monoisotopic (exact) mass is 263 g/mol. The molecular formula is C15H21NO3. The van der Waals surface area contributed by atoms with E-state index < -0.39 is 11.7 Å². The van der Waals surface area contributed by atoms with Gasteiger partial charge < -0.3 is 10.1 Å². The zero-order valence-corrected chi connectivity index (χ0v) is 11.9. The van der Waals surface area contributed by atoms with E-state index >= 15 is 0 Å². The molecule has 0 bridgehead atoms. The van der Waals surface area contributed by atoms with Crippen molar-refractivity contribution >= 4 is 11.7 Å². The fraction of sp³-hybridized carbons (Fsp3) is 0.467. The van der Waals surface area contributed by atoms with Gasteiger partial charge in [-0.15, -0.1) is 0 Å². The van der Waals surface area contributed by atoms with Crippen LogP contribution in [-0.4, -0.2) is 24.8 Å². The summed E-state index contributed by atoms with van der Waals surface area (Å²) in [6, 6.07) is 7.77. The van der Waals surface area contributed by atoms with Gasteiger partial charge in [0.1, 0.15) is 5.75 Å². The molecule has 0 aliphatic rings. The quantitative estimate of drug-likeness (QED) is 0.799.